The molecule has 0 aliphatic rings. The fourth-order valence-corrected chi connectivity index (χ4v) is 1.18. The van der Waals surface area contributed by atoms with Crippen molar-refractivity contribution in [2.75, 3.05) is 0 Å². The zero-order valence-electron chi connectivity index (χ0n) is 5.77. The third-order valence-electron chi connectivity index (χ3n) is 1.16. The molecule has 6 heteroatoms. The summed E-state index contributed by atoms with van der Waals surface area (Å²) < 4.78 is 4.06. The number of H-pyrrole nitrogens is 1. The number of hydrogen-bond acceptors (Lipinski definition) is 5. The molecule has 0 spiro atoms. The Morgan fingerprint density at radius 2 is 2.45 bits per heavy atom. The largest absolute Gasteiger partial charge is 0.325 e. The predicted octanol–water partition coefficient (Wildman–Crippen LogP) is 0.632. The van der Waals surface area contributed by atoms with Gasteiger partial charge in [0.25, 0.3) is 0 Å². The molecule has 11 heavy (non-hydrogen) atoms. The lowest BCUT2D eigenvalue weighted by Gasteiger charge is -1.81. The number of aromatic amines is 1. The molecule has 5 nitrogen and oxygen atoms in total. The van der Waals surface area contributed by atoms with Gasteiger partial charge in [-0.25, -0.2) is 4.98 Å². The van der Waals surface area contributed by atoms with Gasteiger partial charge in [-0.15, -0.1) is 10.2 Å². The van der Waals surface area contributed by atoms with E-state index < -0.39 is 0 Å². The van der Waals surface area contributed by atoms with Gasteiger partial charge < -0.3 is 4.98 Å². The van der Waals surface area contributed by atoms with Gasteiger partial charge in [0.15, 0.2) is 5.82 Å². The number of aromatic nitrogens is 5. The van der Waals surface area contributed by atoms with Crippen molar-refractivity contribution < 1.29 is 0 Å². The smallest absolute Gasteiger partial charge is 0.210 e. The minimum atomic E-state index is 0.616. The highest BCUT2D eigenvalue weighted by Gasteiger charge is 2.05. The van der Waals surface area contributed by atoms with E-state index in [0.29, 0.717) is 11.6 Å². The summed E-state index contributed by atoms with van der Waals surface area (Å²) in [5, 5.41) is 8.33. The highest BCUT2D eigenvalue weighted by Crippen LogP contribution is 2.11. The molecule has 0 aliphatic heterocycles. The van der Waals surface area contributed by atoms with E-state index in [0.717, 1.165) is 5.01 Å². The average Bonchev–Trinajstić information content (AvgIpc) is 2.55. The van der Waals surface area contributed by atoms with Crippen LogP contribution >= 0.6 is 11.5 Å². The van der Waals surface area contributed by atoms with Crippen molar-refractivity contribution >= 4 is 11.5 Å². The van der Waals surface area contributed by atoms with Gasteiger partial charge in [-0.05, 0) is 18.5 Å². The highest BCUT2D eigenvalue weighted by atomic mass is 32.1. The minimum absolute atomic E-state index is 0.616. The first-order valence-corrected chi connectivity index (χ1v) is 3.80. The van der Waals surface area contributed by atoms with Crippen molar-refractivity contribution in [1.29, 1.82) is 0 Å². The molecule has 0 amide bonds. The van der Waals surface area contributed by atoms with Crippen LogP contribution in [-0.4, -0.2) is 24.5 Å². The molecular formula is C5H5N5S. The van der Waals surface area contributed by atoms with E-state index in [9.17, 15) is 0 Å². The van der Waals surface area contributed by atoms with E-state index in [1.807, 2.05) is 6.92 Å². The summed E-state index contributed by atoms with van der Waals surface area (Å²) in [6.45, 7) is 1.90. The second kappa shape index (κ2) is 2.39. The topological polar surface area (TPSA) is 67.3 Å². The third kappa shape index (κ3) is 1.12. The van der Waals surface area contributed by atoms with Crippen LogP contribution in [0.3, 0.4) is 0 Å². The second-order valence-electron chi connectivity index (χ2n) is 1.97. The monoisotopic (exact) mass is 167 g/mol. The van der Waals surface area contributed by atoms with Gasteiger partial charge in [0.1, 0.15) is 11.3 Å². The molecule has 2 aromatic heterocycles. The van der Waals surface area contributed by atoms with Crippen LogP contribution in [0.2, 0.25) is 0 Å². The van der Waals surface area contributed by atoms with Crippen LogP contribution in [0.5, 0.6) is 0 Å². The van der Waals surface area contributed by atoms with Crippen LogP contribution in [0.4, 0.5) is 0 Å². The zero-order chi connectivity index (χ0) is 7.68. The summed E-state index contributed by atoms with van der Waals surface area (Å²) in [6, 6.07) is 0. The maximum Gasteiger partial charge on any atom is 0.210 e. The number of nitrogens with zero attached hydrogens (tertiary/aromatic N) is 4. The fourth-order valence-electron chi connectivity index (χ4n) is 0.710. The molecule has 0 atom stereocenters. The van der Waals surface area contributed by atoms with Crippen LogP contribution in [0, 0.1) is 6.92 Å². The zero-order valence-corrected chi connectivity index (χ0v) is 6.59. The molecule has 0 bridgehead atoms. The third-order valence-corrected chi connectivity index (χ3v) is 1.78. The Bertz CT molecular complexity index is 337. The van der Waals surface area contributed by atoms with E-state index >= 15 is 0 Å². The second-order valence-corrected chi connectivity index (χ2v) is 2.93. The van der Waals surface area contributed by atoms with Gasteiger partial charge in [0, 0.05) is 0 Å². The number of rotatable bonds is 1. The van der Waals surface area contributed by atoms with E-state index in [4.69, 9.17) is 0 Å². The van der Waals surface area contributed by atoms with E-state index in [1.165, 1.54) is 17.9 Å². The Balaban J connectivity index is 2.45. The molecule has 0 saturated carbocycles. The van der Waals surface area contributed by atoms with Gasteiger partial charge in [0.05, 0.1) is 0 Å². The molecule has 0 radical (unpaired) electrons. The fraction of sp³-hybridized carbons (Fsp3) is 0.200. The Morgan fingerprint density at radius 1 is 1.55 bits per heavy atom. The van der Waals surface area contributed by atoms with Crippen LogP contribution in [0.25, 0.3) is 11.6 Å². The normalized spacial score (nSPS) is 10.3. The van der Waals surface area contributed by atoms with Crippen molar-refractivity contribution in [3.63, 3.8) is 0 Å². The molecular weight excluding hydrogens is 162 g/mol. The first-order valence-electron chi connectivity index (χ1n) is 3.03. The lowest BCUT2D eigenvalue weighted by Crippen LogP contribution is -1.82. The SMILES string of the molecule is Cc1nc(-c2nnc[nH]2)ns1. The number of nitrogens with one attached hydrogen (secondary N) is 1. The van der Waals surface area contributed by atoms with Crippen LogP contribution < -0.4 is 0 Å². The highest BCUT2D eigenvalue weighted by molar-refractivity contribution is 7.05. The number of aryl methyl sites for hydroxylation is 1. The Morgan fingerprint density at radius 3 is 3.00 bits per heavy atom. The summed E-state index contributed by atoms with van der Waals surface area (Å²) in [7, 11) is 0. The van der Waals surface area contributed by atoms with Crippen molar-refractivity contribution in [3.8, 4) is 11.6 Å². The van der Waals surface area contributed by atoms with Gasteiger partial charge >= 0.3 is 0 Å². The standard InChI is InChI=1S/C5H5N5S/c1-3-8-5(10-11-3)4-6-2-7-9-4/h2H,1H3,(H,6,7,9). The Kier molecular flexibility index (Phi) is 1.39. The molecule has 0 saturated heterocycles. The van der Waals surface area contributed by atoms with Gasteiger partial charge in [0.2, 0.25) is 5.82 Å². The van der Waals surface area contributed by atoms with E-state index in [2.05, 4.69) is 24.5 Å². The molecule has 0 aromatic carbocycles. The lowest BCUT2D eigenvalue weighted by molar-refractivity contribution is 1.08. The molecule has 2 rings (SSSR count). The lowest BCUT2D eigenvalue weighted by atomic mass is 10.6. The Hall–Kier alpha value is -1.30. The molecule has 2 aromatic rings. The minimum Gasteiger partial charge on any atom is -0.325 e. The molecule has 2 heterocycles. The van der Waals surface area contributed by atoms with Crippen molar-refractivity contribution in [3.05, 3.63) is 11.3 Å². The Labute approximate surface area is 66.7 Å². The molecule has 0 fully saturated rings. The summed E-state index contributed by atoms with van der Waals surface area (Å²) in [4.78, 5) is 6.95. The summed E-state index contributed by atoms with van der Waals surface area (Å²) in [6.07, 6.45) is 1.51. The van der Waals surface area contributed by atoms with E-state index in [1.54, 1.807) is 0 Å². The average molecular weight is 167 g/mol. The quantitative estimate of drug-likeness (QED) is 0.676. The maximum atomic E-state index is 4.13. The first kappa shape index (κ1) is 6.41. The van der Waals surface area contributed by atoms with Crippen molar-refractivity contribution in [2.24, 2.45) is 0 Å². The van der Waals surface area contributed by atoms with Crippen molar-refractivity contribution in [1.82, 2.24) is 24.5 Å². The maximum absolute atomic E-state index is 4.13. The molecule has 0 unspecified atom stereocenters. The van der Waals surface area contributed by atoms with E-state index in [-0.39, 0.29) is 0 Å². The van der Waals surface area contributed by atoms with Crippen LogP contribution in [0.1, 0.15) is 5.01 Å². The summed E-state index contributed by atoms with van der Waals surface area (Å²) in [5.74, 6) is 1.24. The molecule has 0 aliphatic carbocycles. The van der Waals surface area contributed by atoms with Gasteiger partial charge in [-0.3, -0.25) is 0 Å². The molecule has 56 valence electrons. The van der Waals surface area contributed by atoms with Crippen molar-refractivity contribution in [2.45, 2.75) is 6.92 Å². The van der Waals surface area contributed by atoms with Gasteiger partial charge in [-0.1, -0.05) is 0 Å². The molecule has 1 N–H and O–H groups in total. The number of hydrogen-bond donors (Lipinski definition) is 1. The summed E-state index contributed by atoms with van der Waals surface area (Å²) >= 11 is 1.35. The summed E-state index contributed by atoms with van der Waals surface area (Å²) in [5.41, 5.74) is 0. The predicted molar refractivity (Wildman–Crippen MR) is 40.0 cm³/mol. The first-order chi connectivity index (χ1) is 5.36. The van der Waals surface area contributed by atoms with Gasteiger partial charge in [-0.2, -0.15) is 4.37 Å². The van der Waals surface area contributed by atoms with Crippen LogP contribution in [0.15, 0.2) is 6.33 Å². The van der Waals surface area contributed by atoms with Crippen LogP contribution in [-0.2, 0) is 0 Å².